The smallest absolute Gasteiger partial charge is 0.222 e. The lowest BCUT2D eigenvalue weighted by Gasteiger charge is -2.21. The van der Waals surface area contributed by atoms with Crippen LogP contribution in [0.15, 0.2) is 30.3 Å². The van der Waals surface area contributed by atoms with Crippen molar-refractivity contribution in [2.45, 2.75) is 51.5 Å². The molecule has 1 aromatic carbocycles. The minimum absolute atomic E-state index is 0.355. The number of likely N-dealkylation sites (tertiary alicyclic amines) is 1. The average molecular weight is 245 g/mol. The third-order valence-electron chi connectivity index (χ3n) is 3.82. The number of unbranched alkanes of at least 4 members (excludes halogenated alkanes) is 1. The Kier molecular flexibility index (Phi) is 4.80. The predicted octanol–water partition coefficient (Wildman–Crippen LogP) is 3.41. The molecule has 0 radical (unpaired) electrons. The van der Waals surface area contributed by atoms with Gasteiger partial charge < -0.3 is 4.90 Å². The van der Waals surface area contributed by atoms with E-state index in [1.165, 1.54) is 18.4 Å². The Bertz CT molecular complexity index is 374. The lowest BCUT2D eigenvalue weighted by Crippen LogP contribution is -2.33. The third kappa shape index (κ3) is 3.59. The second-order valence-electron chi connectivity index (χ2n) is 5.27. The molecule has 0 saturated carbocycles. The van der Waals surface area contributed by atoms with Crippen LogP contribution in [0.5, 0.6) is 0 Å². The average Bonchev–Trinajstić information content (AvgIpc) is 2.82. The van der Waals surface area contributed by atoms with Gasteiger partial charge in [0, 0.05) is 19.0 Å². The molecule has 1 saturated heterocycles. The first kappa shape index (κ1) is 13.1. The van der Waals surface area contributed by atoms with Crippen molar-refractivity contribution in [3.63, 3.8) is 0 Å². The fraction of sp³-hybridized carbons (Fsp3) is 0.562. The van der Waals surface area contributed by atoms with Gasteiger partial charge in [0.25, 0.3) is 0 Å². The summed E-state index contributed by atoms with van der Waals surface area (Å²) in [5, 5.41) is 0. The zero-order chi connectivity index (χ0) is 12.8. The first-order chi connectivity index (χ1) is 8.77. The van der Waals surface area contributed by atoms with Gasteiger partial charge >= 0.3 is 0 Å². The van der Waals surface area contributed by atoms with Crippen molar-refractivity contribution in [3.8, 4) is 0 Å². The van der Waals surface area contributed by atoms with E-state index in [1.54, 1.807) is 0 Å². The minimum atomic E-state index is 0.355. The van der Waals surface area contributed by atoms with Crippen LogP contribution < -0.4 is 0 Å². The van der Waals surface area contributed by atoms with Crippen molar-refractivity contribution in [1.82, 2.24) is 4.90 Å². The van der Waals surface area contributed by atoms with Gasteiger partial charge in [-0.15, -0.1) is 0 Å². The van der Waals surface area contributed by atoms with Crippen LogP contribution in [0.4, 0.5) is 0 Å². The van der Waals surface area contributed by atoms with Crippen LogP contribution in [0.3, 0.4) is 0 Å². The number of carbonyl (C=O) groups excluding carboxylic acids is 1. The number of hydrogen-bond donors (Lipinski definition) is 0. The third-order valence-corrected chi connectivity index (χ3v) is 3.82. The zero-order valence-electron chi connectivity index (χ0n) is 11.3. The summed E-state index contributed by atoms with van der Waals surface area (Å²) in [7, 11) is 0. The lowest BCUT2D eigenvalue weighted by atomic mass is 10.1. The predicted molar refractivity (Wildman–Crippen MR) is 74.4 cm³/mol. The van der Waals surface area contributed by atoms with Crippen LogP contribution in [-0.4, -0.2) is 23.4 Å². The SMILES string of the molecule is C[C@@H]1CCCN1C(=O)CCCCc1ccccc1. The Hall–Kier alpha value is -1.31. The lowest BCUT2D eigenvalue weighted by molar-refractivity contribution is -0.131. The van der Waals surface area contributed by atoms with E-state index in [4.69, 9.17) is 0 Å². The van der Waals surface area contributed by atoms with Gasteiger partial charge in [-0.3, -0.25) is 4.79 Å². The number of nitrogens with zero attached hydrogens (tertiary/aromatic N) is 1. The minimum Gasteiger partial charge on any atom is -0.340 e. The van der Waals surface area contributed by atoms with Gasteiger partial charge in [0.05, 0.1) is 0 Å². The Morgan fingerprint density at radius 2 is 2.06 bits per heavy atom. The molecule has 1 amide bonds. The molecule has 1 aromatic rings. The standard InChI is InChI=1S/C16H23NO/c1-14-8-7-13-17(14)16(18)12-6-5-11-15-9-3-2-4-10-15/h2-4,9-10,14H,5-8,11-13H2,1H3/t14-/m1/s1. The fourth-order valence-electron chi connectivity index (χ4n) is 2.70. The summed E-state index contributed by atoms with van der Waals surface area (Å²) in [6.45, 7) is 3.13. The van der Waals surface area contributed by atoms with Crippen molar-refractivity contribution in [1.29, 1.82) is 0 Å². The van der Waals surface area contributed by atoms with E-state index in [-0.39, 0.29) is 0 Å². The van der Waals surface area contributed by atoms with Gasteiger partial charge in [0.1, 0.15) is 0 Å². The van der Waals surface area contributed by atoms with Gasteiger partial charge in [-0.25, -0.2) is 0 Å². The summed E-state index contributed by atoms with van der Waals surface area (Å²) in [5.41, 5.74) is 1.37. The topological polar surface area (TPSA) is 20.3 Å². The number of rotatable bonds is 5. The highest BCUT2D eigenvalue weighted by Crippen LogP contribution is 2.18. The highest BCUT2D eigenvalue weighted by Gasteiger charge is 2.24. The zero-order valence-corrected chi connectivity index (χ0v) is 11.3. The first-order valence-electron chi connectivity index (χ1n) is 7.11. The van der Waals surface area contributed by atoms with Gasteiger partial charge in [-0.1, -0.05) is 30.3 Å². The maximum atomic E-state index is 12.0. The van der Waals surface area contributed by atoms with Crippen molar-refractivity contribution in [3.05, 3.63) is 35.9 Å². The Morgan fingerprint density at radius 3 is 2.72 bits per heavy atom. The van der Waals surface area contributed by atoms with Crippen molar-refractivity contribution in [2.75, 3.05) is 6.54 Å². The molecule has 18 heavy (non-hydrogen) atoms. The Labute approximate surface area is 110 Å². The number of aryl methyl sites for hydroxylation is 1. The van der Waals surface area contributed by atoms with Crippen molar-refractivity contribution in [2.24, 2.45) is 0 Å². The van der Waals surface area contributed by atoms with Crippen LogP contribution in [0, 0.1) is 0 Å². The number of carbonyl (C=O) groups is 1. The first-order valence-corrected chi connectivity index (χ1v) is 7.11. The van der Waals surface area contributed by atoms with Crippen LogP contribution in [0.1, 0.15) is 44.6 Å². The van der Waals surface area contributed by atoms with Gasteiger partial charge in [0.15, 0.2) is 0 Å². The van der Waals surface area contributed by atoms with Crippen LogP contribution >= 0.6 is 0 Å². The summed E-state index contributed by atoms with van der Waals surface area (Å²) in [6, 6.07) is 11.0. The van der Waals surface area contributed by atoms with E-state index in [2.05, 4.69) is 36.1 Å². The summed E-state index contributed by atoms with van der Waals surface area (Å²) in [5.74, 6) is 0.355. The molecule has 98 valence electrons. The number of hydrogen-bond acceptors (Lipinski definition) is 1. The van der Waals surface area contributed by atoms with Gasteiger partial charge in [-0.05, 0) is 44.6 Å². The molecule has 1 fully saturated rings. The second-order valence-corrected chi connectivity index (χ2v) is 5.27. The van der Waals surface area contributed by atoms with E-state index >= 15 is 0 Å². The number of amides is 1. The normalized spacial score (nSPS) is 19.2. The molecule has 1 heterocycles. The van der Waals surface area contributed by atoms with Crippen molar-refractivity contribution >= 4 is 5.91 Å². The summed E-state index contributed by atoms with van der Waals surface area (Å²) in [4.78, 5) is 14.1. The number of benzene rings is 1. The Balaban J connectivity index is 1.65. The molecule has 2 heteroatoms. The maximum absolute atomic E-state index is 12.0. The molecule has 1 atom stereocenters. The molecule has 2 rings (SSSR count). The highest BCUT2D eigenvalue weighted by molar-refractivity contribution is 5.76. The molecule has 0 spiro atoms. The van der Waals surface area contributed by atoms with E-state index < -0.39 is 0 Å². The molecule has 1 aliphatic heterocycles. The van der Waals surface area contributed by atoms with Gasteiger partial charge in [-0.2, -0.15) is 0 Å². The quantitative estimate of drug-likeness (QED) is 0.728. The van der Waals surface area contributed by atoms with Gasteiger partial charge in [0.2, 0.25) is 5.91 Å². The molecule has 0 bridgehead atoms. The molecular formula is C16H23NO. The molecule has 0 aliphatic carbocycles. The summed E-state index contributed by atoms with van der Waals surface area (Å²) >= 11 is 0. The van der Waals surface area contributed by atoms with Crippen LogP contribution in [0.2, 0.25) is 0 Å². The molecule has 0 aromatic heterocycles. The summed E-state index contributed by atoms with van der Waals surface area (Å²) < 4.78 is 0. The maximum Gasteiger partial charge on any atom is 0.222 e. The monoisotopic (exact) mass is 245 g/mol. The Morgan fingerprint density at radius 1 is 1.28 bits per heavy atom. The van der Waals surface area contributed by atoms with E-state index in [9.17, 15) is 4.79 Å². The van der Waals surface area contributed by atoms with Crippen LogP contribution in [-0.2, 0) is 11.2 Å². The largest absolute Gasteiger partial charge is 0.340 e. The highest BCUT2D eigenvalue weighted by atomic mass is 16.2. The van der Waals surface area contributed by atoms with E-state index in [0.717, 1.165) is 32.2 Å². The molecule has 0 unspecified atom stereocenters. The second kappa shape index (κ2) is 6.58. The molecule has 2 nitrogen and oxygen atoms in total. The van der Waals surface area contributed by atoms with Crippen molar-refractivity contribution < 1.29 is 4.79 Å². The summed E-state index contributed by atoms with van der Waals surface area (Å²) in [6.07, 6.45) is 6.28. The molecule has 1 aliphatic rings. The molecule has 0 N–H and O–H groups in total. The van der Waals surface area contributed by atoms with E-state index in [0.29, 0.717) is 11.9 Å². The fourth-order valence-corrected chi connectivity index (χ4v) is 2.70. The van der Waals surface area contributed by atoms with Crippen LogP contribution in [0.25, 0.3) is 0 Å². The van der Waals surface area contributed by atoms with E-state index in [1.807, 2.05) is 6.07 Å². The molecular weight excluding hydrogens is 222 g/mol.